The molecular formula is C18H21N5O5S. The van der Waals surface area contributed by atoms with E-state index in [2.05, 4.69) is 15.7 Å². The van der Waals surface area contributed by atoms with Crippen LogP contribution < -0.4 is 15.4 Å². The summed E-state index contributed by atoms with van der Waals surface area (Å²) in [7, 11) is -1.19. The van der Waals surface area contributed by atoms with Crippen LogP contribution in [0.5, 0.6) is 5.75 Å². The Kier molecular flexibility index (Phi) is 6.95. The van der Waals surface area contributed by atoms with E-state index in [4.69, 9.17) is 10.00 Å². The van der Waals surface area contributed by atoms with Crippen LogP contribution in [-0.2, 0) is 26.5 Å². The van der Waals surface area contributed by atoms with Crippen LogP contribution in [0.15, 0.2) is 30.5 Å². The third-order valence-electron chi connectivity index (χ3n) is 4.11. The minimum Gasteiger partial charge on any atom is -0.495 e. The van der Waals surface area contributed by atoms with Gasteiger partial charge in [0, 0.05) is 7.05 Å². The second kappa shape index (κ2) is 9.20. The summed E-state index contributed by atoms with van der Waals surface area (Å²) >= 11 is 0. The van der Waals surface area contributed by atoms with Gasteiger partial charge in [-0.25, -0.2) is 8.42 Å². The fraction of sp³-hybridized carbons (Fsp3) is 0.333. The molecule has 2 rings (SSSR count). The minimum atomic E-state index is -4.12. The number of nitrogens with zero attached hydrogens (tertiary/aromatic N) is 3. The molecule has 0 spiro atoms. The third-order valence-corrected chi connectivity index (χ3v) is 6.19. The number of methoxy groups -OCH3 is 1. The molecule has 154 valence electrons. The first kappa shape index (κ1) is 21.9. The zero-order chi connectivity index (χ0) is 21.6. The molecule has 1 aromatic carbocycles. The van der Waals surface area contributed by atoms with Gasteiger partial charge in [0.05, 0.1) is 19.0 Å². The number of benzene rings is 1. The van der Waals surface area contributed by atoms with E-state index >= 15 is 0 Å². The van der Waals surface area contributed by atoms with Gasteiger partial charge in [-0.1, -0.05) is 19.1 Å². The van der Waals surface area contributed by atoms with Crippen LogP contribution in [0, 0.1) is 11.3 Å². The highest BCUT2D eigenvalue weighted by molar-refractivity contribution is 7.93. The molecule has 1 heterocycles. The van der Waals surface area contributed by atoms with Gasteiger partial charge in [0.25, 0.3) is 0 Å². The highest BCUT2D eigenvalue weighted by atomic mass is 32.2. The van der Waals surface area contributed by atoms with E-state index in [1.54, 1.807) is 24.3 Å². The molecule has 0 saturated carbocycles. The second-order valence-electron chi connectivity index (χ2n) is 6.08. The van der Waals surface area contributed by atoms with Crippen molar-refractivity contribution < 1.29 is 22.7 Å². The average molecular weight is 419 g/mol. The summed E-state index contributed by atoms with van der Waals surface area (Å²) in [5.41, 5.74) is 0.420. The third kappa shape index (κ3) is 5.11. The van der Waals surface area contributed by atoms with E-state index in [9.17, 15) is 18.0 Å². The number of amides is 2. The predicted octanol–water partition coefficient (Wildman–Crippen LogP) is 1.07. The lowest BCUT2D eigenvalue weighted by molar-refractivity contribution is -0.115. The summed E-state index contributed by atoms with van der Waals surface area (Å²) < 4.78 is 31.7. The first-order chi connectivity index (χ1) is 13.7. The maximum Gasteiger partial charge on any atom is 0.243 e. The summed E-state index contributed by atoms with van der Waals surface area (Å²) in [6.07, 6.45) is 1.21. The Hall–Kier alpha value is -3.39. The Bertz CT molecular complexity index is 1050. The Balaban J connectivity index is 2.14. The molecule has 29 heavy (non-hydrogen) atoms. The van der Waals surface area contributed by atoms with Crippen molar-refractivity contribution in [1.82, 2.24) is 9.78 Å². The lowest BCUT2D eigenvalue weighted by Crippen LogP contribution is -2.39. The highest BCUT2D eigenvalue weighted by Crippen LogP contribution is 2.23. The van der Waals surface area contributed by atoms with Gasteiger partial charge in [-0.3, -0.25) is 14.3 Å². The molecule has 1 aromatic heterocycles. The van der Waals surface area contributed by atoms with Gasteiger partial charge in [-0.2, -0.15) is 10.4 Å². The highest BCUT2D eigenvalue weighted by Gasteiger charge is 2.34. The first-order valence-electron chi connectivity index (χ1n) is 8.60. The van der Waals surface area contributed by atoms with Crippen molar-refractivity contribution in [3.63, 3.8) is 0 Å². The van der Waals surface area contributed by atoms with E-state index < -0.39 is 32.7 Å². The van der Waals surface area contributed by atoms with Crippen LogP contribution in [0.1, 0.15) is 18.9 Å². The number of hydrogen-bond donors (Lipinski definition) is 2. The molecule has 0 radical (unpaired) electrons. The van der Waals surface area contributed by atoms with Crippen molar-refractivity contribution in [2.75, 3.05) is 23.5 Å². The number of rotatable bonds is 8. The van der Waals surface area contributed by atoms with Crippen LogP contribution >= 0.6 is 0 Å². The van der Waals surface area contributed by atoms with Gasteiger partial charge in [-0.15, -0.1) is 0 Å². The predicted molar refractivity (Wildman–Crippen MR) is 106 cm³/mol. The van der Waals surface area contributed by atoms with Crippen molar-refractivity contribution in [2.45, 2.75) is 18.6 Å². The number of sulfone groups is 1. The first-order valence-corrected chi connectivity index (χ1v) is 10.3. The molecule has 0 aliphatic carbocycles. The largest absolute Gasteiger partial charge is 0.495 e. The SMILES string of the molecule is CCC(C(=O)Nc1c(C#N)cnn1C)S(=O)(=O)CC(=O)Nc1ccccc1OC. The van der Waals surface area contributed by atoms with E-state index in [1.807, 2.05) is 6.07 Å². The number of hydrogen-bond acceptors (Lipinski definition) is 7. The number of nitriles is 1. The number of anilines is 2. The molecule has 0 saturated heterocycles. The maximum absolute atomic E-state index is 12.7. The van der Waals surface area contributed by atoms with Crippen LogP contribution in [0.25, 0.3) is 0 Å². The number of carbonyl (C=O) groups is 2. The lowest BCUT2D eigenvalue weighted by atomic mass is 10.3. The fourth-order valence-electron chi connectivity index (χ4n) is 2.68. The van der Waals surface area contributed by atoms with Crippen molar-refractivity contribution in [3.8, 4) is 11.8 Å². The monoisotopic (exact) mass is 419 g/mol. The van der Waals surface area contributed by atoms with Crippen LogP contribution in [0.4, 0.5) is 11.5 Å². The Morgan fingerprint density at radius 3 is 2.62 bits per heavy atom. The quantitative estimate of drug-likeness (QED) is 0.651. The minimum absolute atomic E-state index is 0.0458. The number of ether oxygens (including phenoxy) is 1. The van der Waals surface area contributed by atoms with Gasteiger partial charge in [0.2, 0.25) is 11.8 Å². The summed E-state index contributed by atoms with van der Waals surface area (Å²) in [4.78, 5) is 24.8. The number of nitrogens with one attached hydrogen (secondary N) is 2. The lowest BCUT2D eigenvalue weighted by Gasteiger charge is -2.16. The topological polar surface area (TPSA) is 143 Å². The summed E-state index contributed by atoms with van der Waals surface area (Å²) in [5.74, 6) is -2.04. The van der Waals surface area contributed by atoms with Crippen LogP contribution in [0.3, 0.4) is 0 Å². The summed E-state index contributed by atoms with van der Waals surface area (Å²) in [6, 6.07) is 8.42. The maximum atomic E-state index is 12.7. The molecule has 1 unspecified atom stereocenters. The number of aromatic nitrogens is 2. The van der Waals surface area contributed by atoms with Gasteiger partial charge < -0.3 is 15.4 Å². The molecule has 0 bridgehead atoms. The van der Waals surface area contributed by atoms with Gasteiger partial charge in [-0.05, 0) is 18.6 Å². The Labute approximate surface area is 168 Å². The normalized spacial score (nSPS) is 11.9. The zero-order valence-corrected chi connectivity index (χ0v) is 17.0. The molecule has 2 aromatic rings. The van der Waals surface area contributed by atoms with E-state index in [-0.39, 0.29) is 17.8 Å². The zero-order valence-electron chi connectivity index (χ0n) is 16.2. The molecule has 10 nitrogen and oxygen atoms in total. The molecular weight excluding hydrogens is 398 g/mol. The second-order valence-corrected chi connectivity index (χ2v) is 8.27. The molecule has 2 N–H and O–H groups in total. The van der Waals surface area contributed by atoms with Crippen LogP contribution in [0.2, 0.25) is 0 Å². The molecule has 0 aliphatic rings. The Morgan fingerprint density at radius 1 is 1.31 bits per heavy atom. The van der Waals surface area contributed by atoms with Crippen LogP contribution in [-0.4, -0.2) is 48.1 Å². The number of carbonyl (C=O) groups excluding carboxylic acids is 2. The smallest absolute Gasteiger partial charge is 0.243 e. The molecule has 0 aliphatic heterocycles. The van der Waals surface area contributed by atoms with E-state index in [0.29, 0.717) is 11.4 Å². The summed E-state index contributed by atoms with van der Waals surface area (Å²) in [6.45, 7) is 1.52. The molecule has 11 heteroatoms. The number of aryl methyl sites for hydroxylation is 1. The average Bonchev–Trinajstić information content (AvgIpc) is 3.01. The van der Waals surface area contributed by atoms with E-state index in [1.165, 1.54) is 32.0 Å². The van der Waals surface area contributed by atoms with Gasteiger partial charge >= 0.3 is 0 Å². The molecule has 2 amide bonds. The van der Waals surface area contributed by atoms with Gasteiger partial charge in [0.1, 0.15) is 34.2 Å². The number of para-hydroxylation sites is 2. The summed E-state index contributed by atoms with van der Waals surface area (Å²) in [5, 5.41) is 16.3. The van der Waals surface area contributed by atoms with Gasteiger partial charge in [0.15, 0.2) is 9.84 Å². The van der Waals surface area contributed by atoms with Crippen molar-refractivity contribution in [3.05, 3.63) is 36.0 Å². The van der Waals surface area contributed by atoms with E-state index in [0.717, 1.165) is 0 Å². The van der Waals surface area contributed by atoms with Crippen molar-refractivity contribution in [1.29, 1.82) is 5.26 Å². The van der Waals surface area contributed by atoms with Crippen molar-refractivity contribution >= 4 is 33.2 Å². The standard InChI is InChI=1S/C18H21N5O5S/c1-4-15(18(25)22-17-12(9-19)10-20-23(17)2)29(26,27)11-16(24)21-13-7-5-6-8-14(13)28-3/h5-8,10,15H,4,11H2,1-3H3,(H,21,24)(H,22,25). The molecule has 0 fully saturated rings. The molecule has 1 atom stereocenters. The van der Waals surface area contributed by atoms with Crippen molar-refractivity contribution in [2.24, 2.45) is 7.05 Å². The fourth-order valence-corrected chi connectivity index (χ4v) is 4.22. The Morgan fingerprint density at radius 2 is 2.00 bits per heavy atom.